The Kier molecular flexibility index (Phi) is 3.89. The summed E-state index contributed by atoms with van der Waals surface area (Å²) >= 11 is 0. The molecule has 23 heavy (non-hydrogen) atoms. The van der Waals surface area contributed by atoms with Gasteiger partial charge in [-0.1, -0.05) is 20.8 Å². The van der Waals surface area contributed by atoms with Crippen LogP contribution in [0.15, 0.2) is 0 Å². The lowest BCUT2D eigenvalue weighted by molar-refractivity contribution is -0.177. The molecule has 9 atom stereocenters. The first-order chi connectivity index (χ1) is 10.9. The van der Waals surface area contributed by atoms with E-state index in [0.29, 0.717) is 11.3 Å². The smallest absolute Gasteiger partial charge is 0.0622 e. The van der Waals surface area contributed by atoms with Crippen LogP contribution in [0.2, 0.25) is 0 Å². The van der Waals surface area contributed by atoms with E-state index in [1.807, 2.05) is 0 Å². The van der Waals surface area contributed by atoms with Crippen molar-refractivity contribution in [3.8, 4) is 0 Å². The average molecular weight is 321 g/mol. The maximum Gasteiger partial charge on any atom is 0.0622 e. The molecule has 2 N–H and O–H groups in total. The van der Waals surface area contributed by atoms with Gasteiger partial charge in [0.2, 0.25) is 0 Å². The first-order valence-corrected chi connectivity index (χ1v) is 10.2. The predicted octanol–water partition coefficient (Wildman–Crippen LogP) is 4.39. The van der Waals surface area contributed by atoms with Crippen LogP contribution in [0.3, 0.4) is 0 Å². The molecule has 0 unspecified atom stereocenters. The van der Waals surface area contributed by atoms with Crippen LogP contribution in [-0.4, -0.2) is 22.4 Å². The van der Waals surface area contributed by atoms with Crippen molar-refractivity contribution < 1.29 is 10.2 Å². The Morgan fingerprint density at radius 2 is 1.48 bits per heavy atom. The molecule has 0 bridgehead atoms. The van der Waals surface area contributed by atoms with Crippen LogP contribution < -0.4 is 0 Å². The summed E-state index contributed by atoms with van der Waals surface area (Å²) in [6.45, 7) is 7.19. The summed E-state index contributed by atoms with van der Waals surface area (Å²) in [6, 6.07) is 0. The molecule has 4 aliphatic carbocycles. The zero-order chi connectivity index (χ0) is 16.4. The van der Waals surface area contributed by atoms with Crippen LogP contribution in [0, 0.1) is 40.4 Å². The van der Waals surface area contributed by atoms with E-state index in [0.717, 1.165) is 36.5 Å². The van der Waals surface area contributed by atoms with Crippen LogP contribution in [0.1, 0.15) is 78.6 Å². The van der Waals surface area contributed by atoms with Crippen molar-refractivity contribution in [2.24, 2.45) is 40.4 Å². The van der Waals surface area contributed by atoms with Gasteiger partial charge >= 0.3 is 0 Å². The topological polar surface area (TPSA) is 40.5 Å². The SMILES string of the molecule is C[C@@H]1CC[C@H]2[C@@H]3CC[C@H]4C[C@@H](O)CC[C@]4(C)[C@@H]3CC[C@]2(C)[C@H]1O. The van der Waals surface area contributed by atoms with Crippen LogP contribution >= 0.6 is 0 Å². The van der Waals surface area contributed by atoms with Gasteiger partial charge in [0.05, 0.1) is 12.2 Å². The Labute approximate surface area is 142 Å². The van der Waals surface area contributed by atoms with Crippen LogP contribution in [0.25, 0.3) is 0 Å². The van der Waals surface area contributed by atoms with E-state index in [1.165, 1.54) is 44.9 Å². The molecular weight excluding hydrogens is 284 g/mol. The molecule has 2 heteroatoms. The van der Waals surface area contributed by atoms with Gasteiger partial charge in [0, 0.05) is 0 Å². The van der Waals surface area contributed by atoms with E-state index >= 15 is 0 Å². The third-order valence-electron chi connectivity index (χ3n) is 9.22. The molecule has 2 nitrogen and oxygen atoms in total. The molecule has 4 aliphatic rings. The summed E-state index contributed by atoms with van der Waals surface area (Å²) in [5.74, 6) is 3.62. The van der Waals surface area contributed by atoms with E-state index in [9.17, 15) is 10.2 Å². The fourth-order valence-electron chi connectivity index (χ4n) is 7.74. The summed E-state index contributed by atoms with van der Waals surface area (Å²) in [6.07, 6.45) is 10.9. The van der Waals surface area contributed by atoms with E-state index in [4.69, 9.17) is 0 Å². The first kappa shape index (κ1) is 16.4. The van der Waals surface area contributed by atoms with Gasteiger partial charge in [-0.3, -0.25) is 0 Å². The highest BCUT2D eigenvalue weighted by Crippen LogP contribution is 2.65. The van der Waals surface area contributed by atoms with E-state index in [2.05, 4.69) is 20.8 Å². The molecule has 0 aliphatic heterocycles. The van der Waals surface area contributed by atoms with Crippen LogP contribution in [0.5, 0.6) is 0 Å². The Morgan fingerprint density at radius 3 is 2.26 bits per heavy atom. The van der Waals surface area contributed by atoms with Gasteiger partial charge in [-0.2, -0.15) is 0 Å². The molecule has 0 spiro atoms. The van der Waals surface area contributed by atoms with Gasteiger partial charge in [-0.25, -0.2) is 0 Å². The van der Waals surface area contributed by atoms with Gasteiger partial charge in [-0.05, 0) is 98.2 Å². The zero-order valence-electron chi connectivity index (χ0n) is 15.3. The minimum atomic E-state index is -0.0964. The van der Waals surface area contributed by atoms with Gasteiger partial charge in [0.1, 0.15) is 0 Å². The molecule has 0 aromatic heterocycles. The normalized spacial score (nSPS) is 59.6. The fourth-order valence-corrected chi connectivity index (χ4v) is 7.74. The third kappa shape index (κ3) is 2.27. The first-order valence-electron chi connectivity index (χ1n) is 10.2. The highest BCUT2D eigenvalue weighted by atomic mass is 16.3. The molecule has 0 heterocycles. The second kappa shape index (κ2) is 5.46. The second-order valence-corrected chi connectivity index (χ2v) is 10.1. The monoisotopic (exact) mass is 320 g/mol. The van der Waals surface area contributed by atoms with Gasteiger partial charge in [0.25, 0.3) is 0 Å². The molecule has 0 radical (unpaired) electrons. The molecule has 0 amide bonds. The Bertz CT molecular complexity index is 463. The Hall–Kier alpha value is -0.0800. The van der Waals surface area contributed by atoms with Crippen molar-refractivity contribution in [1.29, 1.82) is 0 Å². The lowest BCUT2D eigenvalue weighted by atomic mass is 9.42. The lowest BCUT2D eigenvalue weighted by Crippen LogP contribution is -2.58. The van der Waals surface area contributed by atoms with Crippen molar-refractivity contribution >= 4 is 0 Å². The van der Waals surface area contributed by atoms with E-state index < -0.39 is 0 Å². The summed E-state index contributed by atoms with van der Waals surface area (Å²) in [5.41, 5.74) is 0.619. The van der Waals surface area contributed by atoms with Crippen molar-refractivity contribution in [3.63, 3.8) is 0 Å². The fraction of sp³-hybridized carbons (Fsp3) is 1.00. The van der Waals surface area contributed by atoms with Crippen LogP contribution in [-0.2, 0) is 0 Å². The van der Waals surface area contributed by atoms with Crippen molar-refractivity contribution in [2.45, 2.75) is 90.8 Å². The van der Waals surface area contributed by atoms with Crippen molar-refractivity contribution in [2.75, 3.05) is 0 Å². The molecule has 4 rings (SSSR count). The number of hydrogen-bond donors (Lipinski definition) is 2. The van der Waals surface area contributed by atoms with Crippen molar-refractivity contribution in [3.05, 3.63) is 0 Å². The summed E-state index contributed by atoms with van der Waals surface area (Å²) in [4.78, 5) is 0. The summed E-state index contributed by atoms with van der Waals surface area (Å²) in [5, 5.41) is 21.0. The zero-order valence-corrected chi connectivity index (χ0v) is 15.3. The molecule has 0 aromatic rings. The van der Waals surface area contributed by atoms with Gasteiger partial charge < -0.3 is 10.2 Å². The standard InChI is InChI=1S/C21H36O2/c1-13-4-7-17-16-6-5-14-12-15(22)8-10-20(14,2)18(16)9-11-21(17,3)19(13)23/h13-19,22-23H,4-12H2,1-3H3/t13-,14+,15+,16+,17+,18-,19+,20+,21+/m1/s1. The molecule has 132 valence electrons. The third-order valence-corrected chi connectivity index (χ3v) is 9.22. The largest absolute Gasteiger partial charge is 0.393 e. The highest BCUT2D eigenvalue weighted by molar-refractivity contribution is 5.09. The minimum Gasteiger partial charge on any atom is -0.393 e. The van der Waals surface area contributed by atoms with Crippen LogP contribution in [0.4, 0.5) is 0 Å². The molecule has 4 saturated carbocycles. The quantitative estimate of drug-likeness (QED) is 0.695. The molecule has 0 aromatic carbocycles. The van der Waals surface area contributed by atoms with E-state index in [-0.39, 0.29) is 17.6 Å². The lowest BCUT2D eigenvalue weighted by Gasteiger charge is -2.63. The maximum absolute atomic E-state index is 10.9. The van der Waals surface area contributed by atoms with Gasteiger partial charge in [0.15, 0.2) is 0 Å². The average Bonchev–Trinajstić information content (AvgIpc) is 2.52. The number of aliphatic hydroxyl groups is 2. The number of rotatable bonds is 0. The minimum absolute atomic E-state index is 0.0455. The summed E-state index contributed by atoms with van der Waals surface area (Å²) in [7, 11) is 0. The predicted molar refractivity (Wildman–Crippen MR) is 92.9 cm³/mol. The van der Waals surface area contributed by atoms with E-state index in [1.54, 1.807) is 0 Å². The van der Waals surface area contributed by atoms with Crippen molar-refractivity contribution in [1.82, 2.24) is 0 Å². The Morgan fingerprint density at radius 1 is 0.783 bits per heavy atom. The number of fused-ring (bicyclic) bond motifs is 5. The number of aliphatic hydroxyl groups excluding tert-OH is 2. The molecular formula is C21H36O2. The van der Waals surface area contributed by atoms with Gasteiger partial charge in [-0.15, -0.1) is 0 Å². The maximum atomic E-state index is 10.9. The highest BCUT2D eigenvalue weighted by Gasteiger charge is 2.59. The summed E-state index contributed by atoms with van der Waals surface area (Å²) < 4.78 is 0. The molecule has 0 saturated heterocycles. The number of hydrogen-bond acceptors (Lipinski definition) is 2. The second-order valence-electron chi connectivity index (χ2n) is 10.1. The Balaban J connectivity index is 1.62. The molecule has 4 fully saturated rings.